The monoisotopic (exact) mass is 340 g/mol. The van der Waals surface area contributed by atoms with Crippen molar-refractivity contribution >= 4 is 23.4 Å². The van der Waals surface area contributed by atoms with Crippen LogP contribution in [0.1, 0.15) is 11.1 Å². The summed E-state index contributed by atoms with van der Waals surface area (Å²) in [4.78, 5) is 0. The van der Waals surface area contributed by atoms with Crippen LogP contribution in [0.2, 0.25) is 5.02 Å². The minimum atomic E-state index is 0.654. The fourth-order valence-corrected chi connectivity index (χ4v) is 3.27. The average molecular weight is 341 g/mol. The molecule has 0 unspecified atom stereocenters. The van der Waals surface area contributed by atoms with E-state index in [1.54, 1.807) is 17.8 Å². The molecule has 114 valence electrons. The molecule has 3 rings (SSSR count). The highest BCUT2D eigenvalue weighted by Crippen LogP contribution is 2.29. The summed E-state index contributed by atoms with van der Waals surface area (Å²) in [5.41, 5.74) is 2.61. The lowest BCUT2D eigenvalue weighted by atomic mass is 10.2. The molecule has 23 heavy (non-hydrogen) atoms. The van der Waals surface area contributed by atoms with E-state index >= 15 is 0 Å². The highest BCUT2D eigenvalue weighted by Gasteiger charge is 2.13. The molecule has 0 amide bonds. The first kappa shape index (κ1) is 15.6. The summed E-state index contributed by atoms with van der Waals surface area (Å²) < 4.78 is 1.93. The molecular weight excluding hydrogens is 328 g/mol. The SMILES string of the molecule is Cn1c(SCc2cccc(C#N)c2)nnc1-c1ccccc1Cl. The van der Waals surface area contributed by atoms with Gasteiger partial charge in [-0.15, -0.1) is 10.2 Å². The Morgan fingerprint density at radius 2 is 2.00 bits per heavy atom. The summed E-state index contributed by atoms with van der Waals surface area (Å²) in [6.07, 6.45) is 0. The summed E-state index contributed by atoms with van der Waals surface area (Å²) in [5, 5.41) is 18.9. The molecule has 3 aromatic rings. The molecule has 0 radical (unpaired) electrons. The molecule has 0 aliphatic rings. The number of aromatic nitrogens is 3. The third-order valence-electron chi connectivity index (χ3n) is 3.37. The van der Waals surface area contributed by atoms with Gasteiger partial charge in [0.05, 0.1) is 16.7 Å². The number of nitrogens with zero attached hydrogens (tertiary/aromatic N) is 4. The van der Waals surface area contributed by atoms with Crippen molar-refractivity contribution in [2.24, 2.45) is 7.05 Å². The van der Waals surface area contributed by atoms with Crippen LogP contribution in [0.3, 0.4) is 0 Å². The van der Waals surface area contributed by atoms with Gasteiger partial charge in [0.1, 0.15) is 0 Å². The van der Waals surface area contributed by atoms with E-state index in [-0.39, 0.29) is 0 Å². The summed E-state index contributed by atoms with van der Waals surface area (Å²) in [6, 6.07) is 17.3. The fourth-order valence-electron chi connectivity index (χ4n) is 2.20. The molecule has 6 heteroatoms. The van der Waals surface area contributed by atoms with E-state index in [2.05, 4.69) is 16.3 Å². The summed E-state index contributed by atoms with van der Waals surface area (Å²) in [6.45, 7) is 0. The van der Waals surface area contributed by atoms with Crippen LogP contribution in [0.25, 0.3) is 11.4 Å². The standard InChI is InChI=1S/C17H13ClN4S/c1-22-16(14-7-2-3-8-15(14)18)20-21-17(22)23-11-13-6-4-5-12(9-13)10-19/h2-9H,11H2,1H3. The first-order chi connectivity index (χ1) is 11.2. The molecule has 4 nitrogen and oxygen atoms in total. The first-order valence-corrected chi connectivity index (χ1v) is 8.31. The van der Waals surface area contributed by atoms with Gasteiger partial charge in [0.25, 0.3) is 0 Å². The molecule has 2 aromatic carbocycles. The van der Waals surface area contributed by atoms with E-state index in [4.69, 9.17) is 16.9 Å². The molecule has 0 saturated heterocycles. The molecule has 1 aromatic heterocycles. The maximum absolute atomic E-state index is 8.95. The van der Waals surface area contributed by atoms with Crippen molar-refractivity contribution < 1.29 is 0 Å². The van der Waals surface area contributed by atoms with Gasteiger partial charge >= 0.3 is 0 Å². The zero-order chi connectivity index (χ0) is 16.2. The number of halogens is 1. The molecule has 0 aliphatic carbocycles. The molecule has 1 heterocycles. The van der Waals surface area contributed by atoms with Gasteiger partial charge in [-0.1, -0.05) is 47.6 Å². The van der Waals surface area contributed by atoms with Gasteiger partial charge in [-0.25, -0.2) is 0 Å². The first-order valence-electron chi connectivity index (χ1n) is 6.95. The number of hydrogen-bond donors (Lipinski definition) is 0. The highest BCUT2D eigenvalue weighted by molar-refractivity contribution is 7.98. The second-order valence-electron chi connectivity index (χ2n) is 4.95. The predicted octanol–water partition coefficient (Wildman–Crippen LogP) is 4.30. The Morgan fingerprint density at radius 3 is 2.78 bits per heavy atom. The lowest BCUT2D eigenvalue weighted by Crippen LogP contribution is -1.95. The molecule has 0 spiro atoms. The van der Waals surface area contributed by atoms with E-state index in [9.17, 15) is 0 Å². The van der Waals surface area contributed by atoms with E-state index in [1.807, 2.05) is 54.1 Å². The number of thioether (sulfide) groups is 1. The van der Waals surface area contributed by atoms with Crippen LogP contribution in [0.5, 0.6) is 0 Å². The minimum Gasteiger partial charge on any atom is -0.305 e. The molecule has 0 saturated carbocycles. The van der Waals surface area contributed by atoms with Gasteiger partial charge in [0.2, 0.25) is 0 Å². The molecule has 0 aliphatic heterocycles. The normalized spacial score (nSPS) is 10.5. The lowest BCUT2D eigenvalue weighted by molar-refractivity contribution is 0.794. The van der Waals surface area contributed by atoms with Crippen molar-refractivity contribution in [2.45, 2.75) is 10.9 Å². The fraction of sp³-hybridized carbons (Fsp3) is 0.118. The zero-order valence-corrected chi connectivity index (χ0v) is 14.0. The van der Waals surface area contributed by atoms with Crippen LogP contribution in [0.15, 0.2) is 53.7 Å². The molecule has 0 N–H and O–H groups in total. The summed E-state index contributed by atoms with van der Waals surface area (Å²) in [5.74, 6) is 1.47. The van der Waals surface area contributed by atoms with Crippen molar-refractivity contribution in [3.05, 3.63) is 64.7 Å². The van der Waals surface area contributed by atoms with Gasteiger partial charge in [-0.3, -0.25) is 0 Å². The van der Waals surface area contributed by atoms with Gasteiger partial charge in [0, 0.05) is 18.4 Å². The van der Waals surface area contributed by atoms with Gasteiger partial charge in [-0.2, -0.15) is 5.26 Å². The molecular formula is C17H13ClN4S. The Kier molecular flexibility index (Phi) is 4.65. The Balaban J connectivity index is 1.80. The van der Waals surface area contributed by atoms with Crippen molar-refractivity contribution in [2.75, 3.05) is 0 Å². The van der Waals surface area contributed by atoms with Crippen LogP contribution in [0, 0.1) is 11.3 Å². The van der Waals surface area contributed by atoms with E-state index in [1.165, 1.54) is 0 Å². The number of benzene rings is 2. The van der Waals surface area contributed by atoms with E-state index in [0.717, 1.165) is 27.9 Å². The van der Waals surface area contributed by atoms with Crippen molar-refractivity contribution in [1.82, 2.24) is 14.8 Å². The third-order valence-corrected chi connectivity index (χ3v) is 4.79. The van der Waals surface area contributed by atoms with Gasteiger partial charge in [-0.05, 0) is 29.8 Å². The van der Waals surface area contributed by atoms with Crippen LogP contribution >= 0.6 is 23.4 Å². The quantitative estimate of drug-likeness (QED) is 0.664. The maximum atomic E-state index is 8.95. The second-order valence-corrected chi connectivity index (χ2v) is 6.30. The largest absolute Gasteiger partial charge is 0.305 e. The predicted molar refractivity (Wildman–Crippen MR) is 92.2 cm³/mol. The molecule has 0 atom stereocenters. The van der Waals surface area contributed by atoms with E-state index < -0.39 is 0 Å². The van der Waals surface area contributed by atoms with Gasteiger partial charge in [0.15, 0.2) is 11.0 Å². The smallest absolute Gasteiger partial charge is 0.191 e. The Labute approximate surface area is 143 Å². The summed E-state index contributed by atoms with van der Waals surface area (Å²) in [7, 11) is 1.92. The molecule has 0 fully saturated rings. The zero-order valence-electron chi connectivity index (χ0n) is 12.4. The number of hydrogen-bond acceptors (Lipinski definition) is 4. The average Bonchev–Trinajstić information content (AvgIpc) is 2.94. The van der Waals surface area contributed by atoms with Crippen molar-refractivity contribution in [3.63, 3.8) is 0 Å². The van der Waals surface area contributed by atoms with E-state index in [0.29, 0.717) is 10.6 Å². The van der Waals surface area contributed by atoms with Crippen LogP contribution in [-0.4, -0.2) is 14.8 Å². The van der Waals surface area contributed by atoms with Crippen molar-refractivity contribution in [1.29, 1.82) is 5.26 Å². The van der Waals surface area contributed by atoms with Crippen molar-refractivity contribution in [3.8, 4) is 17.5 Å². The van der Waals surface area contributed by atoms with Crippen LogP contribution in [0.4, 0.5) is 0 Å². The number of rotatable bonds is 4. The van der Waals surface area contributed by atoms with Gasteiger partial charge < -0.3 is 4.57 Å². The second kappa shape index (κ2) is 6.86. The van der Waals surface area contributed by atoms with Crippen LogP contribution in [-0.2, 0) is 12.8 Å². The topological polar surface area (TPSA) is 54.5 Å². The Hall–Kier alpha value is -2.29. The minimum absolute atomic E-state index is 0.654. The molecule has 0 bridgehead atoms. The maximum Gasteiger partial charge on any atom is 0.191 e. The van der Waals surface area contributed by atoms with Crippen LogP contribution < -0.4 is 0 Å². The summed E-state index contributed by atoms with van der Waals surface area (Å²) >= 11 is 7.81. The lowest BCUT2D eigenvalue weighted by Gasteiger charge is -2.05. The Bertz CT molecular complexity index is 882. The third kappa shape index (κ3) is 3.39. The number of nitriles is 1. The highest BCUT2D eigenvalue weighted by atomic mass is 35.5. The Morgan fingerprint density at radius 1 is 1.17 bits per heavy atom.